The molecule has 0 spiro atoms. The lowest BCUT2D eigenvalue weighted by Crippen LogP contribution is -2.19. The van der Waals surface area contributed by atoms with Gasteiger partial charge in [0.25, 0.3) is 11.8 Å². The van der Waals surface area contributed by atoms with Gasteiger partial charge in [0.1, 0.15) is 18.1 Å². The van der Waals surface area contributed by atoms with Crippen LogP contribution in [0.25, 0.3) is 22.8 Å². The molecule has 0 saturated carbocycles. The number of aryl methyl sites for hydroxylation is 1. The van der Waals surface area contributed by atoms with E-state index in [1.54, 1.807) is 24.3 Å². The van der Waals surface area contributed by atoms with Crippen molar-refractivity contribution in [2.75, 3.05) is 6.61 Å². The first-order valence-electron chi connectivity index (χ1n) is 10.3. The number of carbonyl (C=O) groups excluding carboxylic acids is 1. The van der Waals surface area contributed by atoms with Gasteiger partial charge in [-0.15, -0.1) is 0 Å². The molecule has 4 aromatic rings. The Bertz CT molecular complexity index is 1180. The summed E-state index contributed by atoms with van der Waals surface area (Å²) in [6, 6.07) is 22.9. The molecule has 1 heterocycles. The van der Waals surface area contributed by atoms with Crippen molar-refractivity contribution in [1.29, 1.82) is 0 Å². The van der Waals surface area contributed by atoms with Gasteiger partial charge < -0.3 is 19.7 Å². The van der Waals surface area contributed by atoms with Gasteiger partial charge in [-0.1, -0.05) is 36.3 Å². The van der Waals surface area contributed by atoms with E-state index in [4.69, 9.17) is 19.7 Å². The van der Waals surface area contributed by atoms with Crippen LogP contribution in [0.15, 0.2) is 77.3 Å². The van der Waals surface area contributed by atoms with E-state index in [1.165, 1.54) is 5.56 Å². The molecule has 0 radical (unpaired) electrons. The van der Waals surface area contributed by atoms with Crippen molar-refractivity contribution in [3.05, 3.63) is 83.9 Å². The molecule has 162 valence electrons. The van der Waals surface area contributed by atoms with Crippen LogP contribution >= 0.6 is 0 Å². The molecule has 7 nitrogen and oxygen atoms in total. The van der Waals surface area contributed by atoms with Gasteiger partial charge in [-0.2, -0.15) is 4.98 Å². The molecule has 1 amide bonds. The Balaban J connectivity index is 1.43. The standard InChI is InChI=1S/C25H23N3O4/c1-2-17-6-10-21(11-7-17)30-15-18-4-3-5-20(14-18)25-27-24(28-32-25)19-8-12-22(13-9-19)31-16-23(26)29/h3-14H,2,15-16H2,1H3,(H2,26,29). The topological polar surface area (TPSA) is 100 Å². The molecule has 0 saturated heterocycles. The first kappa shape index (κ1) is 21.1. The summed E-state index contributed by atoms with van der Waals surface area (Å²) in [6.07, 6.45) is 1.00. The third-order valence-corrected chi connectivity index (χ3v) is 4.83. The molecule has 3 aromatic carbocycles. The Morgan fingerprint density at radius 1 is 0.906 bits per heavy atom. The number of nitrogens with two attached hydrogens (primary N) is 1. The van der Waals surface area contributed by atoms with Gasteiger partial charge in [0, 0.05) is 11.1 Å². The quantitative estimate of drug-likeness (QED) is 0.423. The van der Waals surface area contributed by atoms with Gasteiger partial charge in [0.2, 0.25) is 5.82 Å². The van der Waals surface area contributed by atoms with Crippen LogP contribution in [0.4, 0.5) is 0 Å². The Morgan fingerprint density at radius 3 is 2.34 bits per heavy atom. The van der Waals surface area contributed by atoms with Gasteiger partial charge in [-0.25, -0.2) is 0 Å². The number of hydrogen-bond donors (Lipinski definition) is 1. The number of aromatic nitrogens is 2. The molecular weight excluding hydrogens is 406 g/mol. The van der Waals surface area contributed by atoms with E-state index in [0.29, 0.717) is 24.1 Å². The Hall–Kier alpha value is -4.13. The Morgan fingerprint density at radius 2 is 1.62 bits per heavy atom. The minimum Gasteiger partial charge on any atom is -0.489 e. The number of nitrogens with zero attached hydrogens (tertiary/aromatic N) is 2. The fourth-order valence-corrected chi connectivity index (χ4v) is 3.09. The van der Waals surface area contributed by atoms with Gasteiger partial charge in [0.05, 0.1) is 0 Å². The van der Waals surface area contributed by atoms with E-state index < -0.39 is 5.91 Å². The number of hydrogen-bond acceptors (Lipinski definition) is 6. The van der Waals surface area contributed by atoms with E-state index in [-0.39, 0.29) is 6.61 Å². The highest BCUT2D eigenvalue weighted by Crippen LogP contribution is 2.25. The third-order valence-electron chi connectivity index (χ3n) is 4.83. The maximum Gasteiger partial charge on any atom is 0.258 e. The van der Waals surface area contributed by atoms with Crippen molar-refractivity contribution in [3.63, 3.8) is 0 Å². The van der Waals surface area contributed by atoms with Crippen LogP contribution in [0, 0.1) is 0 Å². The summed E-state index contributed by atoms with van der Waals surface area (Å²) >= 11 is 0. The predicted molar refractivity (Wildman–Crippen MR) is 120 cm³/mol. The van der Waals surface area contributed by atoms with Gasteiger partial charge in [-0.05, 0) is 66.1 Å². The number of amides is 1. The summed E-state index contributed by atoms with van der Waals surface area (Å²) in [6.45, 7) is 2.39. The molecule has 0 aliphatic rings. The van der Waals surface area contributed by atoms with Crippen LogP contribution in [-0.4, -0.2) is 22.7 Å². The Kier molecular flexibility index (Phi) is 6.46. The molecule has 32 heavy (non-hydrogen) atoms. The molecule has 1 aromatic heterocycles. The van der Waals surface area contributed by atoms with Crippen LogP contribution in [0.3, 0.4) is 0 Å². The molecule has 2 N–H and O–H groups in total. The molecule has 0 unspecified atom stereocenters. The lowest BCUT2D eigenvalue weighted by Gasteiger charge is -2.07. The maximum atomic E-state index is 10.8. The number of carbonyl (C=O) groups is 1. The van der Waals surface area contributed by atoms with E-state index in [2.05, 4.69) is 29.2 Å². The normalized spacial score (nSPS) is 10.7. The van der Waals surface area contributed by atoms with Gasteiger partial charge in [0.15, 0.2) is 6.61 Å². The third kappa shape index (κ3) is 5.31. The average molecular weight is 429 g/mol. The van der Waals surface area contributed by atoms with Gasteiger partial charge >= 0.3 is 0 Å². The van der Waals surface area contributed by atoms with E-state index >= 15 is 0 Å². The number of benzene rings is 3. The summed E-state index contributed by atoms with van der Waals surface area (Å²) in [5.74, 6) is 1.71. The lowest BCUT2D eigenvalue weighted by molar-refractivity contribution is -0.119. The van der Waals surface area contributed by atoms with Crippen molar-refractivity contribution in [3.8, 4) is 34.3 Å². The second-order valence-electron chi connectivity index (χ2n) is 7.19. The largest absolute Gasteiger partial charge is 0.489 e. The highest BCUT2D eigenvalue weighted by molar-refractivity contribution is 5.75. The van der Waals surface area contributed by atoms with Crippen molar-refractivity contribution < 1.29 is 18.8 Å². The zero-order valence-electron chi connectivity index (χ0n) is 17.7. The monoisotopic (exact) mass is 429 g/mol. The molecule has 0 atom stereocenters. The molecule has 0 bridgehead atoms. The van der Waals surface area contributed by atoms with Crippen molar-refractivity contribution in [2.45, 2.75) is 20.0 Å². The highest BCUT2D eigenvalue weighted by atomic mass is 16.5. The highest BCUT2D eigenvalue weighted by Gasteiger charge is 2.12. The Labute approximate surface area is 185 Å². The molecule has 0 aliphatic carbocycles. The fraction of sp³-hybridized carbons (Fsp3) is 0.160. The molecular formula is C25H23N3O4. The first-order valence-corrected chi connectivity index (χ1v) is 10.3. The zero-order chi connectivity index (χ0) is 22.3. The second kappa shape index (κ2) is 9.78. The molecule has 0 aliphatic heterocycles. The summed E-state index contributed by atoms with van der Waals surface area (Å²) in [4.78, 5) is 15.3. The molecule has 0 fully saturated rings. The zero-order valence-corrected chi connectivity index (χ0v) is 17.7. The minimum atomic E-state index is -0.529. The fourth-order valence-electron chi connectivity index (χ4n) is 3.09. The van der Waals surface area contributed by atoms with Crippen LogP contribution in [-0.2, 0) is 17.8 Å². The van der Waals surface area contributed by atoms with Crippen LogP contribution < -0.4 is 15.2 Å². The summed E-state index contributed by atoms with van der Waals surface area (Å²) in [5, 5.41) is 4.07. The number of ether oxygens (including phenoxy) is 2. The minimum absolute atomic E-state index is 0.171. The lowest BCUT2D eigenvalue weighted by atomic mass is 10.1. The molecule has 7 heteroatoms. The summed E-state index contributed by atoms with van der Waals surface area (Å²) in [5.41, 5.74) is 8.94. The van der Waals surface area contributed by atoms with Crippen LogP contribution in [0.1, 0.15) is 18.1 Å². The molecule has 4 rings (SSSR count). The van der Waals surface area contributed by atoms with E-state index in [9.17, 15) is 4.79 Å². The van der Waals surface area contributed by atoms with Crippen molar-refractivity contribution >= 4 is 5.91 Å². The van der Waals surface area contributed by atoms with Crippen molar-refractivity contribution in [2.24, 2.45) is 5.73 Å². The SMILES string of the molecule is CCc1ccc(OCc2cccc(-c3nc(-c4ccc(OCC(N)=O)cc4)no3)c2)cc1. The second-order valence-corrected chi connectivity index (χ2v) is 7.19. The van der Waals surface area contributed by atoms with Crippen LogP contribution in [0.2, 0.25) is 0 Å². The number of rotatable bonds is 9. The van der Waals surface area contributed by atoms with E-state index in [0.717, 1.165) is 28.9 Å². The average Bonchev–Trinajstić information content (AvgIpc) is 3.33. The smallest absolute Gasteiger partial charge is 0.258 e. The van der Waals surface area contributed by atoms with Gasteiger partial charge in [-0.3, -0.25) is 4.79 Å². The maximum absolute atomic E-state index is 10.8. The number of primary amides is 1. The summed E-state index contributed by atoms with van der Waals surface area (Å²) < 4.78 is 16.6. The first-order chi connectivity index (χ1) is 15.6. The van der Waals surface area contributed by atoms with Crippen molar-refractivity contribution in [1.82, 2.24) is 10.1 Å². The predicted octanol–water partition coefficient (Wildman–Crippen LogP) is 4.41. The van der Waals surface area contributed by atoms with Crippen LogP contribution in [0.5, 0.6) is 11.5 Å². The summed E-state index contributed by atoms with van der Waals surface area (Å²) in [7, 11) is 0. The van der Waals surface area contributed by atoms with E-state index in [1.807, 2.05) is 36.4 Å².